The number of rotatable bonds is 4. The maximum Gasteiger partial charge on any atom is 0.291 e. The van der Waals surface area contributed by atoms with E-state index in [1.807, 2.05) is 6.07 Å². The molecule has 0 aliphatic heterocycles. The van der Waals surface area contributed by atoms with Crippen LogP contribution in [-0.2, 0) is 0 Å². The van der Waals surface area contributed by atoms with E-state index in [2.05, 4.69) is 6.92 Å². The van der Waals surface area contributed by atoms with Gasteiger partial charge in [0, 0.05) is 17.0 Å². The van der Waals surface area contributed by atoms with Gasteiger partial charge in [-0.05, 0) is 18.2 Å². The molecule has 0 radical (unpaired) electrons. The van der Waals surface area contributed by atoms with E-state index in [4.69, 9.17) is 0 Å². The van der Waals surface area contributed by atoms with Crippen molar-refractivity contribution >= 4 is 22.8 Å². The average Bonchev–Trinajstić information content (AvgIpc) is 2.34. The van der Waals surface area contributed by atoms with Crippen LogP contribution in [0.25, 0.3) is 11.0 Å². The fraction of sp³-hybridized carbons (Fsp3) is 0.333. The molecule has 0 atom stereocenters. The first-order valence-electron chi connectivity index (χ1n) is 5.60. The Labute approximate surface area is 104 Å². The first-order valence-corrected chi connectivity index (χ1v) is 6.59. The van der Waals surface area contributed by atoms with Crippen LogP contribution in [0.2, 0.25) is 0 Å². The Morgan fingerprint density at radius 2 is 1.82 bits per heavy atom. The number of fused-ring (bicyclic) bond motifs is 1. The minimum atomic E-state index is 0.405. The molecule has 0 spiro atoms. The third-order valence-electron chi connectivity index (χ3n) is 2.53. The lowest BCUT2D eigenvalue weighted by Crippen LogP contribution is -2.36. The van der Waals surface area contributed by atoms with E-state index in [0.29, 0.717) is 15.8 Å². The summed E-state index contributed by atoms with van der Waals surface area (Å²) in [5.41, 5.74) is 0.825. The quantitative estimate of drug-likeness (QED) is 0.361. The van der Waals surface area contributed by atoms with E-state index in [1.165, 1.54) is 12.4 Å². The van der Waals surface area contributed by atoms with Crippen molar-refractivity contribution in [2.24, 2.45) is 0 Å². The summed E-state index contributed by atoms with van der Waals surface area (Å²) in [4.78, 5) is 1.03. The molecule has 0 bridgehead atoms. The van der Waals surface area contributed by atoms with Gasteiger partial charge in [0.2, 0.25) is 12.4 Å². The van der Waals surface area contributed by atoms with Gasteiger partial charge >= 0.3 is 0 Å². The summed E-state index contributed by atoms with van der Waals surface area (Å²) >= 11 is 1.71. The number of nitrogens with zero attached hydrogens (tertiary/aromatic N) is 2. The molecule has 0 aliphatic rings. The van der Waals surface area contributed by atoms with Crippen LogP contribution in [0.4, 0.5) is 0 Å². The summed E-state index contributed by atoms with van der Waals surface area (Å²) in [5, 5.41) is 23.0. The molecule has 0 amide bonds. The number of hydrogen-bond acceptors (Lipinski definition) is 3. The van der Waals surface area contributed by atoms with Gasteiger partial charge in [-0.1, -0.05) is 13.3 Å². The van der Waals surface area contributed by atoms with E-state index < -0.39 is 0 Å². The third kappa shape index (κ3) is 2.61. The molecule has 4 nitrogen and oxygen atoms in total. The molecule has 0 unspecified atom stereocenters. The summed E-state index contributed by atoms with van der Waals surface area (Å²) in [6, 6.07) is 5.36. The maximum atomic E-state index is 11.6. The molecule has 90 valence electrons. The largest absolute Gasteiger partial charge is 0.618 e. The molecule has 0 fully saturated rings. The molecule has 1 aromatic carbocycles. The van der Waals surface area contributed by atoms with Gasteiger partial charge in [-0.15, -0.1) is 11.8 Å². The first kappa shape index (κ1) is 12.0. The number of hydrogen-bond donors (Lipinski definition) is 0. The van der Waals surface area contributed by atoms with Gasteiger partial charge in [0.1, 0.15) is 0 Å². The minimum absolute atomic E-state index is 0.405. The number of thioether (sulfide) groups is 1. The fourth-order valence-electron chi connectivity index (χ4n) is 1.57. The van der Waals surface area contributed by atoms with Gasteiger partial charge in [-0.25, -0.2) is 0 Å². The number of unbranched alkanes of at least 4 members (excludes halogenated alkanes) is 1. The van der Waals surface area contributed by atoms with Crippen LogP contribution in [0.1, 0.15) is 19.8 Å². The zero-order valence-corrected chi connectivity index (χ0v) is 10.4. The Balaban J connectivity index is 2.33. The molecule has 1 heterocycles. The van der Waals surface area contributed by atoms with Crippen LogP contribution in [0.5, 0.6) is 0 Å². The van der Waals surface area contributed by atoms with Crippen LogP contribution in [0.3, 0.4) is 0 Å². The van der Waals surface area contributed by atoms with E-state index in [1.54, 1.807) is 23.9 Å². The van der Waals surface area contributed by atoms with Crippen molar-refractivity contribution in [3.05, 3.63) is 41.0 Å². The molecular weight excluding hydrogens is 236 g/mol. The van der Waals surface area contributed by atoms with Crippen LogP contribution in [0.15, 0.2) is 35.5 Å². The zero-order valence-electron chi connectivity index (χ0n) is 9.63. The highest BCUT2D eigenvalue weighted by Crippen LogP contribution is 2.21. The normalized spacial score (nSPS) is 10.9. The molecule has 0 saturated carbocycles. The summed E-state index contributed by atoms with van der Waals surface area (Å²) in [6.07, 6.45) is 4.76. The SMILES string of the molecule is CCCCSc1ccc2c(c1)[n+]([O-])cc[n+]2[O-]. The van der Waals surface area contributed by atoms with Crippen LogP contribution in [-0.4, -0.2) is 5.75 Å². The summed E-state index contributed by atoms with van der Waals surface area (Å²) in [5.74, 6) is 1.03. The fourth-order valence-corrected chi connectivity index (χ4v) is 2.60. The minimum Gasteiger partial charge on any atom is -0.618 e. The van der Waals surface area contributed by atoms with Crippen LogP contribution >= 0.6 is 11.8 Å². The van der Waals surface area contributed by atoms with Crippen LogP contribution < -0.4 is 9.46 Å². The van der Waals surface area contributed by atoms with Crippen molar-refractivity contribution in [3.63, 3.8) is 0 Å². The lowest BCUT2D eigenvalue weighted by Gasteiger charge is -2.04. The lowest BCUT2D eigenvalue weighted by molar-refractivity contribution is -0.628. The van der Waals surface area contributed by atoms with E-state index in [0.717, 1.165) is 28.2 Å². The molecular formula is C12H14N2O2S. The topological polar surface area (TPSA) is 53.9 Å². The highest BCUT2D eigenvalue weighted by atomic mass is 32.2. The van der Waals surface area contributed by atoms with Gasteiger partial charge in [0.25, 0.3) is 11.0 Å². The number of benzene rings is 1. The predicted molar refractivity (Wildman–Crippen MR) is 67.5 cm³/mol. The Bertz CT molecular complexity index is 531. The highest BCUT2D eigenvalue weighted by Gasteiger charge is 2.12. The Morgan fingerprint density at radius 3 is 2.53 bits per heavy atom. The van der Waals surface area contributed by atoms with Crippen molar-refractivity contribution in [1.82, 2.24) is 0 Å². The molecule has 0 N–H and O–H groups in total. The van der Waals surface area contributed by atoms with E-state index >= 15 is 0 Å². The monoisotopic (exact) mass is 250 g/mol. The molecule has 2 rings (SSSR count). The highest BCUT2D eigenvalue weighted by molar-refractivity contribution is 7.99. The van der Waals surface area contributed by atoms with Gasteiger partial charge in [-0.2, -0.15) is 9.46 Å². The third-order valence-corrected chi connectivity index (χ3v) is 3.61. The maximum absolute atomic E-state index is 11.6. The predicted octanol–water partition coefficient (Wildman–Crippen LogP) is 2.00. The van der Waals surface area contributed by atoms with Gasteiger partial charge in [0.05, 0.1) is 0 Å². The van der Waals surface area contributed by atoms with Crippen molar-refractivity contribution in [1.29, 1.82) is 0 Å². The molecule has 17 heavy (non-hydrogen) atoms. The average molecular weight is 250 g/mol. The lowest BCUT2D eigenvalue weighted by atomic mass is 10.3. The van der Waals surface area contributed by atoms with Gasteiger partial charge in [0.15, 0.2) is 0 Å². The molecule has 1 aromatic heterocycles. The molecule has 0 aliphatic carbocycles. The second kappa shape index (κ2) is 5.23. The molecule has 2 aromatic rings. The second-order valence-electron chi connectivity index (χ2n) is 3.80. The Kier molecular flexibility index (Phi) is 3.68. The summed E-state index contributed by atoms with van der Waals surface area (Å²) < 4.78 is 1.44. The first-order chi connectivity index (χ1) is 8.22. The standard InChI is InChI=1S/C12H14N2O2S/c1-2-3-8-17-10-4-5-11-12(9-10)14(16)7-6-13(11)15/h4-7,9H,2-3,8H2,1H3. The van der Waals surface area contributed by atoms with E-state index in [-0.39, 0.29) is 0 Å². The van der Waals surface area contributed by atoms with Gasteiger partial charge in [-0.3, -0.25) is 0 Å². The van der Waals surface area contributed by atoms with Crippen molar-refractivity contribution in [2.75, 3.05) is 5.75 Å². The van der Waals surface area contributed by atoms with Gasteiger partial charge < -0.3 is 10.4 Å². The zero-order chi connectivity index (χ0) is 12.3. The number of aromatic nitrogens is 2. The van der Waals surface area contributed by atoms with Crippen LogP contribution in [0, 0.1) is 10.4 Å². The smallest absolute Gasteiger partial charge is 0.291 e. The Morgan fingerprint density at radius 1 is 1.12 bits per heavy atom. The molecule has 5 heteroatoms. The van der Waals surface area contributed by atoms with Crippen molar-refractivity contribution in [3.8, 4) is 0 Å². The summed E-state index contributed by atoms with van der Waals surface area (Å²) in [6.45, 7) is 2.15. The van der Waals surface area contributed by atoms with E-state index in [9.17, 15) is 10.4 Å². The summed E-state index contributed by atoms with van der Waals surface area (Å²) in [7, 11) is 0. The van der Waals surface area contributed by atoms with Crippen molar-refractivity contribution < 1.29 is 9.46 Å². The second-order valence-corrected chi connectivity index (χ2v) is 4.97. The molecule has 0 saturated heterocycles. The Hall–Kier alpha value is -1.49. The van der Waals surface area contributed by atoms with Crippen molar-refractivity contribution in [2.45, 2.75) is 24.7 Å².